The molecule has 4 N–H and O–H groups in total. The summed E-state index contributed by atoms with van der Waals surface area (Å²) < 4.78 is 12.9. The number of anilines is 2. The minimum absolute atomic E-state index is 0.0207. The van der Waals surface area contributed by atoms with Gasteiger partial charge in [0.1, 0.15) is 11.3 Å². The average molecular weight is 430 g/mol. The summed E-state index contributed by atoms with van der Waals surface area (Å²) in [7, 11) is 0. The fraction of sp³-hybridized carbons (Fsp3) is 0.273. The highest BCUT2D eigenvalue weighted by Crippen LogP contribution is 2.24. The monoisotopic (exact) mass is 430 g/mol. The Labute approximate surface area is 182 Å². The number of benzene rings is 1. The topological polar surface area (TPSA) is 132 Å². The van der Waals surface area contributed by atoms with E-state index in [-0.39, 0.29) is 18.0 Å². The van der Waals surface area contributed by atoms with Crippen LogP contribution in [0.3, 0.4) is 0 Å². The number of para-hydroxylation sites is 1. The first-order valence-electron chi connectivity index (χ1n) is 10.6. The van der Waals surface area contributed by atoms with Crippen LogP contribution < -0.4 is 16.4 Å². The highest BCUT2D eigenvalue weighted by Gasteiger charge is 2.27. The van der Waals surface area contributed by atoms with E-state index in [9.17, 15) is 0 Å². The first-order valence-corrected chi connectivity index (χ1v) is 10.6. The first-order chi connectivity index (χ1) is 15.7. The van der Waals surface area contributed by atoms with E-state index in [0.717, 1.165) is 36.1 Å². The van der Waals surface area contributed by atoms with Crippen molar-refractivity contribution in [1.82, 2.24) is 29.9 Å². The zero-order chi connectivity index (χ0) is 21.5. The Balaban J connectivity index is 1.31. The van der Waals surface area contributed by atoms with Gasteiger partial charge in [0.25, 0.3) is 5.78 Å². The number of rotatable bonds is 6. The molecule has 10 heteroatoms. The molecule has 0 aliphatic carbocycles. The number of nitrogens with one attached hydrogen (secondary N) is 2. The lowest BCUT2D eigenvalue weighted by atomic mass is 10.0. The molecule has 1 aliphatic rings. The summed E-state index contributed by atoms with van der Waals surface area (Å²) in [5.41, 5.74) is 7.05. The molecule has 0 saturated carbocycles. The average Bonchev–Trinajstić information content (AvgIpc) is 3.59. The molecular formula is C22H22N8O2. The molecule has 2 atom stereocenters. The maximum Gasteiger partial charge on any atom is 0.259 e. The highest BCUT2D eigenvalue weighted by atomic mass is 16.3. The number of nitrogens with zero attached hydrogens (tertiary/aromatic N) is 5. The van der Waals surface area contributed by atoms with Crippen LogP contribution in [0.4, 0.5) is 11.9 Å². The summed E-state index contributed by atoms with van der Waals surface area (Å²) in [6.07, 6.45) is 4.44. The van der Waals surface area contributed by atoms with Gasteiger partial charge in [-0.1, -0.05) is 18.2 Å². The van der Waals surface area contributed by atoms with Crippen LogP contribution in [-0.4, -0.2) is 43.2 Å². The Morgan fingerprint density at radius 2 is 2.12 bits per heavy atom. The van der Waals surface area contributed by atoms with Crippen molar-refractivity contribution in [3.05, 3.63) is 54.5 Å². The number of furan rings is 2. The van der Waals surface area contributed by atoms with Crippen LogP contribution in [0.25, 0.3) is 28.3 Å². The Bertz CT molecular complexity index is 1330. The molecule has 0 spiro atoms. The van der Waals surface area contributed by atoms with E-state index >= 15 is 0 Å². The lowest BCUT2D eigenvalue weighted by Gasteiger charge is -2.24. The van der Waals surface area contributed by atoms with E-state index < -0.39 is 0 Å². The fourth-order valence-corrected chi connectivity index (χ4v) is 4.25. The maximum absolute atomic E-state index is 6.16. The second-order valence-corrected chi connectivity index (χ2v) is 7.94. The van der Waals surface area contributed by atoms with Gasteiger partial charge in [-0.15, -0.1) is 5.10 Å². The molecular weight excluding hydrogens is 408 g/mol. The highest BCUT2D eigenvalue weighted by molar-refractivity contribution is 5.77. The van der Waals surface area contributed by atoms with Crippen LogP contribution in [0, 0.1) is 0 Å². The van der Waals surface area contributed by atoms with E-state index in [1.807, 2.05) is 18.2 Å². The van der Waals surface area contributed by atoms with Crippen molar-refractivity contribution in [2.24, 2.45) is 0 Å². The molecule has 0 amide bonds. The molecule has 1 aliphatic heterocycles. The normalized spacial score (nSPS) is 17.3. The summed E-state index contributed by atoms with van der Waals surface area (Å²) in [4.78, 5) is 13.4. The number of hydrogen-bond donors (Lipinski definition) is 3. The number of aromatic nitrogens is 5. The van der Waals surface area contributed by atoms with Gasteiger partial charge < -0.3 is 25.2 Å². The molecule has 5 aromatic rings. The zero-order valence-corrected chi connectivity index (χ0v) is 17.2. The standard InChI is InChI=1S/C22H22N8O2/c23-20-27-21(28-22-26-19(29-30(20)22)18-8-4-10-31-18)25-16(15-6-3-9-24-15)12-14-11-13-5-1-2-7-17(13)32-14/h1-2,4-5,7-8,10-11,15-16,24H,3,6,9,12H2,(H3,23,25,26,27,28,29). The van der Waals surface area contributed by atoms with E-state index in [4.69, 9.17) is 14.6 Å². The van der Waals surface area contributed by atoms with E-state index in [1.165, 1.54) is 4.52 Å². The van der Waals surface area contributed by atoms with Crippen LogP contribution in [0.2, 0.25) is 0 Å². The second-order valence-electron chi connectivity index (χ2n) is 7.94. The second kappa shape index (κ2) is 7.65. The summed E-state index contributed by atoms with van der Waals surface area (Å²) in [5.74, 6) is 2.82. The maximum atomic E-state index is 6.16. The van der Waals surface area contributed by atoms with Crippen molar-refractivity contribution in [2.75, 3.05) is 17.6 Å². The van der Waals surface area contributed by atoms with Crippen molar-refractivity contribution >= 4 is 28.6 Å². The molecule has 6 rings (SSSR count). The van der Waals surface area contributed by atoms with Gasteiger partial charge in [0.15, 0.2) is 5.76 Å². The molecule has 5 heterocycles. The van der Waals surface area contributed by atoms with Crippen molar-refractivity contribution in [3.63, 3.8) is 0 Å². The lowest BCUT2D eigenvalue weighted by Crippen LogP contribution is -2.42. The number of nitrogens with two attached hydrogens (primary N) is 1. The van der Waals surface area contributed by atoms with Crippen LogP contribution in [-0.2, 0) is 6.42 Å². The summed E-state index contributed by atoms with van der Waals surface area (Å²) in [5, 5.41) is 12.5. The first kappa shape index (κ1) is 18.8. The molecule has 32 heavy (non-hydrogen) atoms. The molecule has 0 radical (unpaired) electrons. The lowest BCUT2D eigenvalue weighted by molar-refractivity contribution is 0.459. The third kappa shape index (κ3) is 3.44. The Hall–Kier alpha value is -3.92. The molecule has 4 aromatic heterocycles. The summed E-state index contributed by atoms with van der Waals surface area (Å²) in [6.45, 7) is 0.988. The van der Waals surface area contributed by atoms with Crippen molar-refractivity contribution < 1.29 is 8.83 Å². The number of hydrogen-bond acceptors (Lipinski definition) is 9. The van der Waals surface area contributed by atoms with Gasteiger partial charge in [0.05, 0.1) is 12.3 Å². The van der Waals surface area contributed by atoms with Crippen LogP contribution >= 0.6 is 0 Å². The zero-order valence-electron chi connectivity index (χ0n) is 17.2. The molecule has 10 nitrogen and oxygen atoms in total. The van der Waals surface area contributed by atoms with Crippen molar-refractivity contribution in [1.29, 1.82) is 0 Å². The largest absolute Gasteiger partial charge is 0.461 e. The predicted molar refractivity (Wildman–Crippen MR) is 119 cm³/mol. The van der Waals surface area contributed by atoms with Gasteiger partial charge in [-0.3, -0.25) is 0 Å². The molecule has 1 saturated heterocycles. The van der Waals surface area contributed by atoms with Gasteiger partial charge in [0.2, 0.25) is 17.7 Å². The molecule has 162 valence electrons. The van der Waals surface area contributed by atoms with Crippen molar-refractivity contribution in [2.45, 2.75) is 31.3 Å². The predicted octanol–water partition coefficient (Wildman–Crippen LogP) is 2.88. The van der Waals surface area contributed by atoms with Crippen LogP contribution in [0.1, 0.15) is 18.6 Å². The molecule has 2 unspecified atom stereocenters. The van der Waals surface area contributed by atoms with Gasteiger partial charge in [-0.05, 0) is 43.7 Å². The van der Waals surface area contributed by atoms with Crippen LogP contribution in [0.15, 0.2) is 57.6 Å². The van der Waals surface area contributed by atoms with Crippen LogP contribution in [0.5, 0.6) is 0 Å². The fourth-order valence-electron chi connectivity index (χ4n) is 4.25. The third-order valence-corrected chi connectivity index (χ3v) is 5.77. The van der Waals surface area contributed by atoms with E-state index in [1.54, 1.807) is 18.4 Å². The molecule has 1 fully saturated rings. The van der Waals surface area contributed by atoms with Gasteiger partial charge in [0, 0.05) is 17.8 Å². The summed E-state index contributed by atoms with van der Waals surface area (Å²) >= 11 is 0. The minimum Gasteiger partial charge on any atom is -0.461 e. The third-order valence-electron chi connectivity index (χ3n) is 5.77. The van der Waals surface area contributed by atoms with E-state index in [2.05, 4.69) is 42.8 Å². The summed E-state index contributed by atoms with van der Waals surface area (Å²) in [6, 6.07) is 14.0. The Morgan fingerprint density at radius 1 is 1.19 bits per heavy atom. The Morgan fingerprint density at radius 3 is 2.94 bits per heavy atom. The minimum atomic E-state index is 0.0207. The molecule has 0 bridgehead atoms. The molecule has 1 aromatic carbocycles. The van der Waals surface area contributed by atoms with Gasteiger partial charge in [-0.2, -0.15) is 19.5 Å². The SMILES string of the molecule is Nc1nc(NC(Cc2cc3ccccc3o2)C2CCCN2)nc2nc(-c3ccco3)nn12. The smallest absolute Gasteiger partial charge is 0.259 e. The Kier molecular flexibility index (Phi) is 4.50. The van der Waals surface area contributed by atoms with Gasteiger partial charge in [-0.25, -0.2) is 0 Å². The quantitative estimate of drug-likeness (QED) is 0.372. The van der Waals surface area contributed by atoms with E-state index in [0.29, 0.717) is 29.7 Å². The number of fused-ring (bicyclic) bond motifs is 2. The van der Waals surface area contributed by atoms with Crippen molar-refractivity contribution in [3.8, 4) is 11.6 Å². The number of nitrogen functional groups attached to an aromatic ring is 1. The van der Waals surface area contributed by atoms with Gasteiger partial charge >= 0.3 is 0 Å².